The van der Waals surface area contributed by atoms with E-state index in [-0.39, 0.29) is 11.9 Å². The molecule has 0 spiro atoms. The Bertz CT molecular complexity index is 1060. The molecule has 0 saturated carbocycles. The van der Waals surface area contributed by atoms with Crippen molar-refractivity contribution >= 4 is 17.3 Å². The molecular weight excluding hydrogens is 420 g/mol. The molecule has 0 aliphatic carbocycles. The highest BCUT2D eigenvalue weighted by Gasteiger charge is 2.25. The van der Waals surface area contributed by atoms with Crippen molar-refractivity contribution in [2.45, 2.75) is 19.9 Å². The van der Waals surface area contributed by atoms with E-state index >= 15 is 0 Å². The molecule has 1 saturated heterocycles. The van der Waals surface area contributed by atoms with Gasteiger partial charge in [-0.3, -0.25) is 9.69 Å². The van der Waals surface area contributed by atoms with Crippen molar-refractivity contribution in [2.24, 2.45) is 0 Å². The van der Waals surface area contributed by atoms with E-state index in [2.05, 4.69) is 82.8 Å². The third-order valence-corrected chi connectivity index (χ3v) is 6.76. The third kappa shape index (κ3) is 5.32. The summed E-state index contributed by atoms with van der Waals surface area (Å²) >= 11 is 0. The Labute approximate surface area is 204 Å². The first-order valence-corrected chi connectivity index (χ1v) is 12.3. The zero-order valence-corrected chi connectivity index (χ0v) is 20.6. The molecule has 0 radical (unpaired) electrons. The number of rotatable bonds is 8. The van der Waals surface area contributed by atoms with E-state index in [4.69, 9.17) is 0 Å². The molecular formula is C29H36N4O. The van der Waals surface area contributed by atoms with Gasteiger partial charge in [0.2, 0.25) is 0 Å². The minimum absolute atomic E-state index is 0.0988. The number of nitrogens with one attached hydrogen (secondary N) is 1. The highest BCUT2D eigenvalue weighted by Crippen LogP contribution is 2.33. The molecule has 4 rings (SSSR count). The number of benzene rings is 3. The summed E-state index contributed by atoms with van der Waals surface area (Å²) in [6.07, 6.45) is 0. The van der Waals surface area contributed by atoms with Gasteiger partial charge in [0.25, 0.3) is 5.91 Å². The third-order valence-electron chi connectivity index (χ3n) is 6.76. The van der Waals surface area contributed by atoms with Crippen molar-refractivity contribution in [2.75, 3.05) is 51.2 Å². The number of amides is 1. The predicted molar refractivity (Wildman–Crippen MR) is 141 cm³/mol. The number of para-hydroxylation sites is 1. The number of carbonyl (C=O) groups excluding carboxylic acids is 1. The predicted octanol–water partition coefficient (Wildman–Crippen LogP) is 4.93. The normalized spacial score (nSPS) is 15.0. The second-order valence-electron chi connectivity index (χ2n) is 8.78. The fourth-order valence-corrected chi connectivity index (χ4v) is 4.76. The molecule has 1 aliphatic rings. The number of carbonyl (C=O) groups is 1. The van der Waals surface area contributed by atoms with Crippen molar-refractivity contribution in [1.29, 1.82) is 0 Å². The van der Waals surface area contributed by atoms with Gasteiger partial charge in [-0.25, -0.2) is 0 Å². The second-order valence-corrected chi connectivity index (χ2v) is 8.78. The largest absolute Gasteiger partial charge is 0.345 e. The number of anilines is 2. The zero-order valence-electron chi connectivity index (χ0n) is 20.6. The van der Waals surface area contributed by atoms with Gasteiger partial charge in [-0.05, 0) is 61.4 Å². The average molecular weight is 457 g/mol. The van der Waals surface area contributed by atoms with Crippen LogP contribution >= 0.6 is 0 Å². The van der Waals surface area contributed by atoms with Gasteiger partial charge in [0.05, 0.1) is 6.04 Å². The van der Waals surface area contributed by atoms with Crippen LogP contribution in [0.15, 0.2) is 78.9 Å². The fourth-order valence-electron chi connectivity index (χ4n) is 4.76. The molecule has 3 aromatic rings. The van der Waals surface area contributed by atoms with E-state index in [1.807, 2.05) is 36.9 Å². The van der Waals surface area contributed by atoms with Crippen LogP contribution in [0.3, 0.4) is 0 Å². The Hall–Kier alpha value is -3.15. The molecule has 1 atom stereocenters. The fraction of sp³-hybridized carbons (Fsp3) is 0.345. The molecule has 1 N–H and O–H groups in total. The van der Waals surface area contributed by atoms with Gasteiger partial charge >= 0.3 is 0 Å². The number of hydrogen-bond donors (Lipinski definition) is 1. The maximum Gasteiger partial charge on any atom is 0.253 e. The van der Waals surface area contributed by atoms with Crippen LogP contribution in [0.4, 0.5) is 11.4 Å². The Morgan fingerprint density at radius 3 is 2.15 bits per heavy atom. The summed E-state index contributed by atoms with van der Waals surface area (Å²) in [6.45, 7) is 9.44. The zero-order chi connectivity index (χ0) is 23.9. The molecule has 1 fully saturated rings. The van der Waals surface area contributed by atoms with Gasteiger partial charge in [0, 0.05) is 63.3 Å². The van der Waals surface area contributed by atoms with Crippen LogP contribution in [-0.2, 0) is 0 Å². The lowest BCUT2D eigenvalue weighted by atomic mass is 9.94. The van der Waals surface area contributed by atoms with E-state index in [1.165, 1.54) is 11.1 Å². The van der Waals surface area contributed by atoms with Crippen LogP contribution in [-0.4, -0.2) is 62.0 Å². The van der Waals surface area contributed by atoms with Gasteiger partial charge in [0.1, 0.15) is 0 Å². The number of piperazine rings is 1. The van der Waals surface area contributed by atoms with E-state index < -0.39 is 0 Å². The van der Waals surface area contributed by atoms with E-state index in [0.717, 1.165) is 56.2 Å². The first-order chi connectivity index (χ1) is 16.6. The van der Waals surface area contributed by atoms with Gasteiger partial charge in [0.15, 0.2) is 0 Å². The smallest absolute Gasteiger partial charge is 0.253 e. The summed E-state index contributed by atoms with van der Waals surface area (Å²) in [5.41, 5.74) is 5.57. The Morgan fingerprint density at radius 2 is 1.50 bits per heavy atom. The Balaban J connectivity index is 1.67. The van der Waals surface area contributed by atoms with Crippen molar-refractivity contribution in [3.8, 4) is 0 Å². The van der Waals surface area contributed by atoms with Crippen molar-refractivity contribution in [1.82, 2.24) is 15.1 Å². The van der Waals surface area contributed by atoms with Crippen molar-refractivity contribution < 1.29 is 4.79 Å². The highest BCUT2D eigenvalue weighted by molar-refractivity contribution is 5.94. The van der Waals surface area contributed by atoms with Crippen LogP contribution in [0.2, 0.25) is 0 Å². The molecule has 0 bridgehead atoms. The molecule has 0 aromatic heterocycles. The van der Waals surface area contributed by atoms with E-state index in [0.29, 0.717) is 0 Å². The number of hydrogen-bond acceptors (Lipinski definition) is 4. The first kappa shape index (κ1) is 24.0. The van der Waals surface area contributed by atoms with E-state index in [1.54, 1.807) is 0 Å². The Kier molecular flexibility index (Phi) is 7.99. The molecule has 1 aliphatic heterocycles. The van der Waals surface area contributed by atoms with Crippen molar-refractivity contribution in [3.05, 3.63) is 95.6 Å². The monoisotopic (exact) mass is 456 g/mol. The standard InChI is InChI=1S/C29H36N4O/c1-4-32(5-2)29(34)24-16-14-23(15-17-24)28(33-20-18-30-19-21-33)25-10-9-13-27(22-25)31(3)26-11-7-6-8-12-26/h6-17,22,28,30H,4-5,18-21H2,1-3H3/t28-/m0/s1. The lowest BCUT2D eigenvalue weighted by Crippen LogP contribution is -2.45. The lowest BCUT2D eigenvalue weighted by Gasteiger charge is -2.36. The summed E-state index contributed by atoms with van der Waals surface area (Å²) in [7, 11) is 2.11. The van der Waals surface area contributed by atoms with Crippen molar-refractivity contribution in [3.63, 3.8) is 0 Å². The maximum atomic E-state index is 12.8. The van der Waals surface area contributed by atoms with Crippen LogP contribution in [0.25, 0.3) is 0 Å². The Morgan fingerprint density at radius 1 is 0.853 bits per heavy atom. The second kappa shape index (κ2) is 11.3. The SMILES string of the molecule is CCN(CC)C(=O)c1ccc([C@@H](c2cccc(N(C)c3ccccc3)c2)N2CCNCC2)cc1. The maximum absolute atomic E-state index is 12.8. The first-order valence-electron chi connectivity index (χ1n) is 12.3. The minimum Gasteiger partial charge on any atom is -0.345 e. The summed E-state index contributed by atoms with van der Waals surface area (Å²) in [4.78, 5) is 19.4. The van der Waals surface area contributed by atoms with Gasteiger partial charge in [-0.2, -0.15) is 0 Å². The summed E-state index contributed by atoms with van der Waals surface area (Å²) < 4.78 is 0. The summed E-state index contributed by atoms with van der Waals surface area (Å²) in [5.74, 6) is 0.0988. The van der Waals surface area contributed by atoms with Crippen LogP contribution in [0.5, 0.6) is 0 Å². The lowest BCUT2D eigenvalue weighted by molar-refractivity contribution is 0.0773. The molecule has 1 amide bonds. The van der Waals surface area contributed by atoms with Crippen LogP contribution in [0.1, 0.15) is 41.4 Å². The molecule has 5 heteroatoms. The summed E-state index contributed by atoms with van der Waals surface area (Å²) in [6, 6.07) is 27.7. The topological polar surface area (TPSA) is 38.8 Å². The minimum atomic E-state index is 0.0988. The highest BCUT2D eigenvalue weighted by atomic mass is 16.2. The molecule has 5 nitrogen and oxygen atoms in total. The molecule has 3 aromatic carbocycles. The van der Waals surface area contributed by atoms with Crippen LogP contribution < -0.4 is 10.2 Å². The van der Waals surface area contributed by atoms with Crippen LogP contribution in [0, 0.1) is 0 Å². The molecule has 1 heterocycles. The average Bonchev–Trinajstić information content (AvgIpc) is 2.91. The number of nitrogens with zero attached hydrogens (tertiary/aromatic N) is 3. The summed E-state index contributed by atoms with van der Waals surface area (Å²) in [5, 5.41) is 3.47. The molecule has 178 valence electrons. The van der Waals surface area contributed by atoms with E-state index in [9.17, 15) is 4.79 Å². The molecule has 34 heavy (non-hydrogen) atoms. The quantitative estimate of drug-likeness (QED) is 0.522. The molecule has 0 unspecified atom stereocenters. The van der Waals surface area contributed by atoms with Gasteiger partial charge in [-0.15, -0.1) is 0 Å². The van der Waals surface area contributed by atoms with Gasteiger partial charge in [-0.1, -0.05) is 42.5 Å². The van der Waals surface area contributed by atoms with Gasteiger partial charge < -0.3 is 15.1 Å².